The fraction of sp³-hybridized carbons (Fsp3) is 0.286. The second kappa shape index (κ2) is 8.74. The van der Waals surface area contributed by atoms with E-state index < -0.39 is 0 Å². The Labute approximate surface area is 193 Å². The van der Waals surface area contributed by atoms with Crippen molar-refractivity contribution in [2.75, 3.05) is 11.9 Å². The molecular formula is C28H28N2O3. The lowest BCUT2D eigenvalue weighted by molar-refractivity contribution is -0.111. The molecule has 0 fully saturated rings. The summed E-state index contributed by atoms with van der Waals surface area (Å²) < 4.78 is 12.1. The summed E-state index contributed by atoms with van der Waals surface area (Å²) in [5.41, 5.74) is 6.42. The van der Waals surface area contributed by atoms with Crippen LogP contribution in [0, 0.1) is 6.92 Å². The first-order valence-electron chi connectivity index (χ1n) is 11.6. The van der Waals surface area contributed by atoms with Crippen molar-refractivity contribution in [1.29, 1.82) is 0 Å². The van der Waals surface area contributed by atoms with Crippen LogP contribution in [0.3, 0.4) is 0 Å². The molecule has 1 amide bonds. The summed E-state index contributed by atoms with van der Waals surface area (Å²) in [4.78, 5) is 17.6. The monoisotopic (exact) mass is 440 g/mol. The van der Waals surface area contributed by atoms with Gasteiger partial charge in [-0.25, -0.2) is 0 Å². The molecule has 1 aliphatic rings. The number of ether oxygens (including phenoxy) is 1. The highest BCUT2D eigenvalue weighted by Gasteiger charge is 2.20. The number of hydrogen-bond donors (Lipinski definition) is 1. The fourth-order valence-corrected chi connectivity index (χ4v) is 4.73. The van der Waals surface area contributed by atoms with Crippen molar-refractivity contribution in [3.8, 4) is 5.75 Å². The number of aromatic nitrogens is 1. The van der Waals surface area contributed by atoms with Crippen LogP contribution in [-0.2, 0) is 17.6 Å². The number of allylic oxidation sites excluding steroid dienone is 1. The molecule has 2 aromatic heterocycles. The average Bonchev–Trinajstić information content (AvgIpc) is 3.16. The van der Waals surface area contributed by atoms with E-state index in [2.05, 4.69) is 16.4 Å². The number of anilines is 1. The molecule has 4 aromatic rings. The molecule has 5 rings (SSSR count). The van der Waals surface area contributed by atoms with E-state index in [0.29, 0.717) is 6.61 Å². The van der Waals surface area contributed by atoms with E-state index in [1.165, 1.54) is 18.4 Å². The Kier molecular flexibility index (Phi) is 5.63. The quantitative estimate of drug-likeness (QED) is 0.355. The van der Waals surface area contributed by atoms with Gasteiger partial charge < -0.3 is 14.5 Å². The number of nitrogens with one attached hydrogen (secondary N) is 1. The number of furan rings is 1. The fourth-order valence-electron chi connectivity index (χ4n) is 4.73. The lowest BCUT2D eigenvalue weighted by Crippen LogP contribution is -2.10. The molecule has 0 bridgehead atoms. The van der Waals surface area contributed by atoms with Crippen LogP contribution in [0.2, 0.25) is 0 Å². The van der Waals surface area contributed by atoms with Gasteiger partial charge in [-0.2, -0.15) is 0 Å². The molecule has 168 valence electrons. The number of carbonyl (C=O) groups excluding carboxylic acids is 1. The zero-order valence-electron chi connectivity index (χ0n) is 19.3. The van der Waals surface area contributed by atoms with Crippen LogP contribution >= 0.6 is 0 Å². The highest BCUT2D eigenvalue weighted by molar-refractivity contribution is 6.08. The number of pyridine rings is 1. The molecule has 0 atom stereocenters. The van der Waals surface area contributed by atoms with Crippen molar-refractivity contribution in [3.63, 3.8) is 0 Å². The lowest BCUT2D eigenvalue weighted by atomic mass is 9.94. The van der Waals surface area contributed by atoms with Crippen molar-refractivity contribution < 1.29 is 13.9 Å². The summed E-state index contributed by atoms with van der Waals surface area (Å²) in [6, 6.07) is 13.8. The minimum atomic E-state index is -0.181. The molecule has 0 saturated heterocycles. The van der Waals surface area contributed by atoms with Crippen LogP contribution in [-0.4, -0.2) is 17.5 Å². The third-order valence-corrected chi connectivity index (χ3v) is 6.23. The second-order valence-electron chi connectivity index (χ2n) is 8.63. The van der Waals surface area contributed by atoms with Crippen LogP contribution < -0.4 is 10.1 Å². The molecule has 2 aromatic carbocycles. The molecule has 1 aliphatic carbocycles. The van der Waals surface area contributed by atoms with Crippen LogP contribution in [0.1, 0.15) is 49.3 Å². The molecule has 0 spiro atoms. The summed E-state index contributed by atoms with van der Waals surface area (Å²) >= 11 is 0. The van der Waals surface area contributed by atoms with Crippen LogP contribution in [0.5, 0.6) is 5.75 Å². The summed E-state index contributed by atoms with van der Waals surface area (Å²) in [5, 5.41) is 5.10. The number of nitrogens with zero attached hydrogens (tertiary/aromatic N) is 1. The molecule has 0 radical (unpaired) electrons. The maximum absolute atomic E-state index is 13.0. The number of rotatable bonds is 5. The van der Waals surface area contributed by atoms with Crippen molar-refractivity contribution in [2.24, 2.45) is 0 Å². The SMILES string of the molecule is CCOc1cc2oc3c(c2cc1/C(C)=C/C(=O)Nc1cc(C)nc2ccccc12)CCCC3. The first-order chi connectivity index (χ1) is 16.0. The summed E-state index contributed by atoms with van der Waals surface area (Å²) in [6.07, 6.45) is 6.01. The Morgan fingerprint density at radius 3 is 2.82 bits per heavy atom. The third-order valence-electron chi connectivity index (χ3n) is 6.23. The molecule has 0 aliphatic heterocycles. The number of aryl methyl sites for hydroxylation is 3. The van der Waals surface area contributed by atoms with Gasteiger partial charge in [0.15, 0.2) is 0 Å². The van der Waals surface area contributed by atoms with Crippen LogP contribution in [0.25, 0.3) is 27.4 Å². The maximum atomic E-state index is 13.0. The van der Waals surface area contributed by atoms with Gasteiger partial charge >= 0.3 is 0 Å². The Hall–Kier alpha value is -3.60. The van der Waals surface area contributed by atoms with E-state index in [4.69, 9.17) is 9.15 Å². The molecule has 0 saturated carbocycles. The van der Waals surface area contributed by atoms with Gasteiger partial charge in [0.05, 0.1) is 17.8 Å². The smallest absolute Gasteiger partial charge is 0.248 e. The first-order valence-corrected chi connectivity index (χ1v) is 11.6. The summed E-state index contributed by atoms with van der Waals surface area (Å²) in [5.74, 6) is 1.65. The molecule has 33 heavy (non-hydrogen) atoms. The Bertz CT molecular complexity index is 1400. The number of benzene rings is 2. The molecule has 5 nitrogen and oxygen atoms in total. The highest BCUT2D eigenvalue weighted by Crippen LogP contribution is 2.38. The van der Waals surface area contributed by atoms with Crippen molar-refractivity contribution >= 4 is 39.0 Å². The zero-order valence-corrected chi connectivity index (χ0v) is 19.3. The second-order valence-corrected chi connectivity index (χ2v) is 8.63. The molecule has 5 heteroatoms. The van der Waals surface area contributed by atoms with Crippen LogP contribution in [0.15, 0.2) is 53.0 Å². The number of hydrogen-bond acceptors (Lipinski definition) is 4. The predicted molar refractivity (Wildman–Crippen MR) is 133 cm³/mol. The van der Waals surface area contributed by atoms with Gasteiger partial charge in [0.25, 0.3) is 0 Å². The normalized spacial score (nSPS) is 13.8. The van der Waals surface area contributed by atoms with E-state index >= 15 is 0 Å². The lowest BCUT2D eigenvalue weighted by Gasteiger charge is -2.13. The molecular weight excluding hydrogens is 412 g/mol. The van der Waals surface area contributed by atoms with Gasteiger partial charge in [0, 0.05) is 46.2 Å². The minimum Gasteiger partial charge on any atom is -0.493 e. The molecule has 0 unspecified atom stereocenters. The Morgan fingerprint density at radius 2 is 1.97 bits per heavy atom. The highest BCUT2D eigenvalue weighted by atomic mass is 16.5. The van der Waals surface area contributed by atoms with Gasteiger partial charge in [-0.3, -0.25) is 9.78 Å². The average molecular weight is 441 g/mol. The minimum absolute atomic E-state index is 0.181. The van der Waals surface area contributed by atoms with Crippen molar-refractivity contribution in [3.05, 3.63) is 71.1 Å². The van der Waals surface area contributed by atoms with Gasteiger partial charge in [-0.05, 0) is 63.8 Å². The van der Waals surface area contributed by atoms with Gasteiger partial charge in [-0.15, -0.1) is 0 Å². The van der Waals surface area contributed by atoms with Gasteiger partial charge in [0.2, 0.25) is 5.91 Å². The first kappa shape index (κ1) is 21.3. The third kappa shape index (κ3) is 4.11. The largest absolute Gasteiger partial charge is 0.493 e. The molecule has 2 heterocycles. The van der Waals surface area contributed by atoms with Gasteiger partial charge in [0.1, 0.15) is 17.1 Å². The van der Waals surface area contributed by atoms with E-state index in [1.54, 1.807) is 6.08 Å². The van der Waals surface area contributed by atoms with Crippen molar-refractivity contribution in [1.82, 2.24) is 4.98 Å². The number of carbonyl (C=O) groups is 1. The maximum Gasteiger partial charge on any atom is 0.248 e. The van der Waals surface area contributed by atoms with Crippen LogP contribution in [0.4, 0.5) is 5.69 Å². The topological polar surface area (TPSA) is 64.4 Å². The number of fused-ring (bicyclic) bond motifs is 4. The number of para-hydroxylation sites is 1. The van der Waals surface area contributed by atoms with Gasteiger partial charge in [-0.1, -0.05) is 18.2 Å². The molecule has 1 N–H and O–H groups in total. The Morgan fingerprint density at radius 1 is 1.15 bits per heavy atom. The van der Waals surface area contributed by atoms with E-state index in [0.717, 1.165) is 68.7 Å². The van der Waals surface area contributed by atoms with E-state index in [9.17, 15) is 4.79 Å². The van der Waals surface area contributed by atoms with Crippen molar-refractivity contribution in [2.45, 2.75) is 46.5 Å². The standard InChI is InChI=1S/C28H28N2O3/c1-4-32-26-16-27-22(19-9-6-8-12-25(19)33-27)15-21(26)17(2)13-28(31)30-24-14-18(3)29-23-11-7-5-10-20(23)24/h5,7,10-11,13-16H,4,6,8-9,12H2,1-3H3,(H,29,30,31)/b17-13+. The zero-order chi connectivity index (χ0) is 22.9. The predicted octanol–water partition coefficient (Wildman–Crippen LogP) is 6.61. The number of amides is 1. The summed E-state index contributed by atoms with van der Waals surface area (Å²) in [7, 11) is 0. The van der Waals surface area contributed by atoms with E-state index in [1.807, 2.05) is 57.2 Å². The summed E-state index contributed by atoms with van der Waals surface area (Å²) in [6.45, 7) is 6.38. The van der Waals surface area contributed by atoms with E-state index in [-0.39, 0.29) is 5.91 Å². The Balaban J connectivity index is 1.51.